The van der Waals surface area contributed by atoms with Gasteiger partial charge in [0.15, 0.2) is 23.3 Å². The van der Waals surface area contributed by atoms with Gasteiger partial charge in [-0.25, -0.2) is 22.4 Å². The number of halogens is 7. The van der Waals surface area contributed by atoms with E-state index in [1.165, 1.54) is 6.07 Å². The van der Waals surface area contributed by atoms with Gasteiger partial charge in [-0.2, -0.15) is 13.2 Å². The van der Waals surface area contributed by atoms with Crippen LogP contribution in [-0.4, -0.2) is 29.0 Å². The van der Waals surface area contributed by atoms with Crippen molar-refractivity contribution in [2.75, 3.05) is 21.3 Å². The lowest BCUT2D eigenvalue weighted by molar-refractivity contribution is -0.143. The van der Waals surface area contributed by atoms with E-state index >= 15 is 0 Å². The second-order valence-electron chi connectivity index (χ2n) is 8.98. The molecule has 218 valence electrons. The minimum absolute atomic E-state index is 0.0114. The lowest BCUT2D eigenvalue weighted by Gasteiger charge is -2.40. The number of rotatable bonds is 5. The fourth-order valence-electron chi connectivity index (χ4n) is 4.39. The molecular weight excluding hydrogens is 607 g/mol. The zero-order valence-corrected chi connectivity index (χ0v) is 22.6. The Labute approximate surface area is 242 Å². The molecule has 0 aromatic heterocycles. The topological polar surface area (TPSA) is 61.4 Å². The summed E-state index contributed by atoms with van der Waals surface area (Å²) in [7, 11) is 0. The minimum Gasteiger partial charge on any atom is -0.320 e. The number of nitrogens with zero attached hydrogens (tertiary/aromatic N) is 1. The van der Waals surface area contributed by atoms with Crippen molar-refractivity contribution >= 4 is 52.5 Å². The van der Waals surface area contributed by atoms with E-state index < -0.39 is 58.4 Å². The van der Waals surface area contributed by atoms with Crippen LogP contribution >= 0.6 is 23.5 Å². The number of para-hydroxylation sites is 1. The molecule has 2 atom stereocenters. The quantitative estimate of drug-likeness (QED) is 0.171. The summed E-state index contributed by atoms with van der Waals surface area (Å²) in [4.78, 5) is 28.8. The van der Waals surface area contributed by atoms with Crippen molar-refractivity contribution < 1.29 is 40.3 Å². The Morgan fingerprint density at radius 3 is 2.29 bits per heavy atom. The summed E-state index contributed by atoms with van der Waals surface area (Å²) in [5.74, 6) is -11.8. The first-order valence-corrected chi connectivity index (χ1v) is 14.0. The predicted molar refractivity (Wildman–Crippen MR) is 147 cm³/mol. The van der Waals surface area contributed by atoms with Crippen LogP contribution in [0.5, 0.6) is 0 Å². The minimum atomic E-state index is -5.70. The molecule has 5 rings (SSSR count). The van der Waals surface area contributed by atoms with Gasteiger partial charge in [-0.3, -0.25) is 9.69 Å². The monoisotopic (exact) mass is 625 g/mol. The van der Waals surface area contributed by atoms with E-state index in [2.05, 4.69) is 5.32 Å². The largest absolute Gasteiger partial charge is 0.422 e. The highest BCUT2D eigenvalue weighted by atomic mass is 32.2. The van der Waals surface area contributed by atoms with E-state index in [1.54, 1.807) is 40.2 Å². The van der Waals surface area contributed by atoms with Crippen LogP contribution in [0.1, 0.15) is 5.56 Å². The van der Waals surface area contributed by atoms with Crippen molar-refractivity contribution in [3.8, 4) is 0 Å². The summed E-state index contributed by atoms with van der Waals surface area (Å²) in [5.41, 5.74) is -3.30. The summed E-state index contributed by atoms with van der Waals surface area (Å²) in [6, 6.07) is 13.1. The maximum Gasteiger partial charge on any atom is 0.422 e. The number of hydrogen-bond acceptors (Lipinski definition) is 4. The molecule has 0 spiro atoms. The van der Waals surface area contributed by atoms with Crippen molar-refractivity contribution in [2.24, 2.45) is 0 Å². The number of anilines is 3. The molecule has 3 aromatic carbocycles. The van der Waals surface area contributed by atoms with Crippen LogP contribution in [0, 0.1) is 23.3 Å². The molecule has 3 aromatic rings. The molecule has 3 amide bonds. The highest BCUT2D eigenvalue weighted by molar-refractivity contribution is 8.00. The number of benzene rings is 3. The zero-order chi connectivity index (χ0) is 30.2. The van der Waals surface area contributed by atoms with Gasteiger partial charge in [0.25, 0.3) is 0 Å². The van der Waals surface area contributed by atoms with E-state index in [4.69, 9.17) is 0 Å². The van der Waals surface area contributed by atoms with Crippen molar-refractivity contribution in [1.82, 2.24) is 0 Å². The number of alkyl halides is 3. The van der Waals surface area contributed by atoms with Crippen LogP contribution in [0.4, 0.5) is 52.6 Å². The van der Waals surface area contributed by atoms with Gasteiger partial charge in [0.05, 0.1) is 22.7 Å². The van der Waals surface area contributed by atoms with Crippen molar-refractivity contribution in [3.63, 3.8) is 0 Å². The fourth-order valence-corrected chi connectivity index (χ4v) is 6.40. The number of carbonyl (C=O) groups is 2. The number of fused-ring (bicyclic) bond motifs is 2. The summed E-state index contributed by atoms with van der Waals surface area (Å²) < 4.78 is 94.3. The molecule has 0 radical (unpaired) electrons. The van der Waals surface area contributed by atoms with Crippen molar-refractivity contribution in [1.29, 1.82) is 0 Å². The number of carbonyl (C=O) groups excluding carboxylic acids is 2. The lowest BCUT2D eigenvalue weighted by Crippen LogP contribution is -2.49. The molecule has 2 unspecified atom stereocenters. The third kappa shape index (κ3) is 5.86. The van der Waals surface area contributed by atoms with E-state index in [1.807, 2.05) is 48.6 Å². The standard InChI is InChI=1S/C28H18F7N3O2S2/c29-22-21(28(33,34)35)23(30)25(32)26(24(22)31)37-20(39)13-41-15-7-5-6-14(12-15)36-27(40)38-16-8-1-3-10-18(16)42-19-11-4-2-9-17(19)38/h1-12,16,18H,13H2,(H,36,40)(H,37,39). The molecule has 42 heavy (non-hydrogen) atoms. The highest BCUT2D eigenvalue weighted by Crippen LogP contribution is 2.44. The number of nitrogens with one attached hydrogen (secondary N) is 2. The van der Waals surface area contributed by atoms with Crippen LogP contribution in [0.2, 0.25) is 0 Å². The molecule has 0 saturated carbocycles. The van der Waals surface area contributed by atoms with Gasteiger partial charge >= 0.3 is 12.2 Å². The average Bonchev–Trinajstić information content (AvgIpc) is 2.95. The SMILES string of the molecule is O=C(CSc1cccc(NC(=O)N2c3ccccc3SC3C=CC=CC32)c1)Nc1c(F)c(F)c(C(F)(F)F)c(F)c1F. The van der Waals surface area contributed by atoms with Gasteiger partial charge in [0.1, 0.15) is 11.3 Å². The van der Waals surface area contributed by atoms with Crippen LogP contribution in [-0.2, 0) is 11.0 Å². The highest BCUT2D eigenvalue weighted by Gasteiger charge is 2.42. The Kier molecular flexibility index (Phi) is 8.28. The third-order valence-electron chi connectivity index (χ3n) is 6.23. The second-order valence-corrected chi connectivity index (χ2v) is 11.2. The molecule has 2 N–H and O–H groups in total. The number of urea groups is 1. The first-order chi connectivity index (χ1) is 20.0. The van der Waals surface area contributed by atoms with Gasteiger partial charge in [0.2, 0.25) is 5.91 Å². The molecular formula is C28H18F7N3O2S2. The van der Waals surface area contributed by atoms with Gasteiger partial charge in [-0.15, -0.1) is 23.5 Å². The number of hydrogen-bond donors (Lipinski definition) is 2. The van der Waals surface area contributed by atoms with Crippen LogP contribution in [0.3, 0.4) is 0 Å². The predicted octanol–water partition coefficient (Wildman–Crippen LogP) is 8.00. The summed E-state index contributed by atoms with van der Waals surface area (Å²) in [5, 5.41) is 4.43. The number of thioether (sulfide) groups is 2. The Morgan fingerprint density at radius 1 is 0.881 bits per heavy atom. The second kappa shape index (κ2) is 11.8. The third-order valence-corrected chi connectivity index (χ3v) is 8.53. The summed E-state index contributed by atoms with van der Waals surface area (Å²) in [6.07, 6.45) is 2.03. The smallest absolute Gasteiger partial charge is 0.320 e. The van der Waals surface area contributed by atoms with Gasteiger partial charge in [-0.05, 0) is 30.3 Å². The lowest BCUT2D eigenvalue weighted by atomic mass is 10.1. The van der Waals surface area contributed by atoms with Gasteiger partial charge in [0, 0.05) is 15.5 Å². The average molecular weight is 626 g/mol. The van der Waals surface area contributed by atoms with E-state index in [-0.39, 0.29) is 11.3 Å². The summed E-state index contributed by atoms with van der Waals surface area (Å²) >= 11 is 2.49. The van der Waals surface area contributed by atoms with Gasteiger partial charge < -0.3 is 10.6 Å². The molecule has 5 nitrogen and oxygen atoms in total. The Morgan fingerprint density at radius 2 is 1.57 bits per heavy atom. The van der Waals surface area contributed by atoms with Crippen LogP contribution < -0.4 is 15.5 Å². The summed E-state index contributed by atoms with van der Waals surface area (Å²) in [6.45, 7) is 0. The Balaban J connectivity index is 1.27. The van der Waals surface area contributed by atoms with E-state index in [9.17, 15) is 40.3 Å². The fraction of sp³-hybridized carbons (Fsp3) is 0.143. The van der Waals surface area contributed by atoms with E-state index in [0.29, 0.717) is 10.6 Å². The van der Waals surface area contributed by atoms with Gasteiger partial charge in [-0.1, -0.05) is 42.5 Å². The normalized spacial score (nSPS) is 17.5. The molecule has 14 heteroatoms. The van der Waals surface area contributed by atoms with Crippen LogP contribution in [0.15, 0.2) is 82.6 Å². The zero-order valence-electron chi connectivity index (χ0n) is 21.0. The number of amides is 3. The first-order valence-electron chi connectivity index (χ1n) is 12.1. The molecule has 0 bridgehead atoms. The van der Waals surface area contributed by atoms with Crippen LogP contribution in [0.25, 0.3) is 0 Å². The molecule has 0 fully saturated rings. The molecule has 2 aliphatic rings. The Bertz CT molecular complexity index is 1600. The number of allylic oxidation sites excluding steroid dienone is 2. The van der Waals surface area contributed by atoms with Crippen molar-refractivity contribution in [3.05, 3.63) is 102 Å². The maximum atomic E-state index is 14.1. The molecule has 1 aliphatic heterocycles. The molecule has 1 heterocycles. The maximum absolute atomic E-state index is 14.1. The first kappa shape index (κ1) is 29.6. The Hall–Kier alpha value is -3.91. The molecule has 1 aliphatic carbocycles. The van der Waals surface area contributed by atoms with Crippen molar-refractivity contribution in [2.45, 2.75) is 27.3 Å². The molecule has 0 saturated heterocycles. The van der Waals surface area contributed by atoms with E-state index in [0.717, 1.165) is 22.3 Å².